The van der Waals surface area contributed by atoms with Crippen molar-refractivity contribution in [2.45, 2.75) is 6.18 Å². The second-order valence-electron chi connectivity index (χ2n) is 3.33. The molecule has 0 fully saturated rings. The topological polar surface area (TPSA) is 57.6 Å². The van der Waals surface area contributed by atoms with E-state index >= 15 is 0 Å². The van der Waals surface area contributed by atoms with Crippen LogP contribution in [0.4, 0.5) is 23.8 Å². The third-order valence-corrected chi connectivity index (χ3v) is 2.25. The fourth-order valence-corrected chi connectivity index (χ4v) is 1.51. The predicted molar refractivity (Wildman–Crippen MR) is 58.6 cm³/mol. The van der Waals surface area contributed by atoms with Crippen LogP contribution in [0.25, 0.3) is 0 Å². The highest BCUT2D eigenvalue weighted by Gasteiger charge is 2.33. The molecule has 0 radical (unpaired) electrons. The fraction of sp³-hybridized carbons (Fsp3) is 0.222. The van der Waals surface area contributed by atoms with Gasteiger partial charge in [-0.05, 0) is 12.1 Å². The number of anilines is 1. The second-order valence-corrected chi connectivity index (χ2v) is 3.72. The number of rotatable bonds is 1. The van der Waals surface area contributed by atoms with Crippen LogP contribution in [0.2, 0.25) is 5.15 Å². The van der Waals surface area contributed by atoms with Crippen molar-refractivity contribution in [3.05, 3.63) is 22.8 Å². The molecule has 2 amide bonds. The monoisotopic (exact) mass is 278 g/mol. The molecular formula is C9H6ClF3N4O. The molecule has 0 bridgehead atoms. The van der Waals surface area contributed by atoms with Crippen LogP contribution in [0.1, 0.15) is 5.56 Å². The van der Waals surface area contributed by atoms with Gasteiger partial charge in [0.1, 0.15) is 5.15 Å². The number of hydrogen-bond donors (Lipinski definition) is 1. The molecule has 5 nitrogen and oxygen atoms in total. The Morgan fingerprint density at radius 1 is 1.39 bits per heavy atom. The summed E-state index contributed by atoms with van der Waals surface area (Å²) in [6, 6.07) is 0.713. The number of carbonyl (C=O) groups is 1. The maximum Gasteiger partial charge on any atom is 0.416 e. The summed E-state index contributed by atoms with van der Waals surface area (Å²) < 4.78 is 37.7. The number of urea groups is 1. The van der Waals surface area contributed by atoms with Gasteiger partial charge in [0.15, 0.2) is 5.82 Å². The van der Waals surface area contributed by atoms with E-state index in [0.717, 1.165) is 0 Å². The summed E-state index contributed by atoms with van der Waals surface area (Å²) >= 11 is 5.50. The zero-order chi connectivity index (χ0) is 13.3. The Hall–Kier alpha value is -1.83. The van der Waals surface area contributed by atoms with E-state index in [-0.39, 0.29) is 17.5 Å². The van der Waals surface area contributed by atoms with Crippen molar-refractivity contribution in [2.24, 2.45) is 5.10 Å². The summed E-state index contributed by atoms with van der Waals surface area (Å²) in [7, 11) is 0. The summed E-state index contributed by atoms with van der Waals surface area (Å²) in [5.41, 5.74) is -0.994. The average molecular weight is 279 g/mol. The minimum atomic E-state index is -4.57. The van der Waals surface area contributed by atoms with Gasteiger partial charge in [-0.1, -0.05) is 11.6 Å². The Kier molecular flexibility index (Phi) is 3.12. The maximum absolute atomic E-state index is 12.6. The molecule has 18 heavy (non-hydrogen) atoms. The summed E-state index contributed by atoms with van der Waals surface area (Å²) in [6.07, 6.45) is -3.24. The minimum Gasteiger partial charge on any atom is -0.331 e. The van der Waals surface area contributed by atoms with Crippen molar-refractivity contribution in [1.29, 1.82) is 0 Å². The number of amides is 2. The van der Waals surface area contributed by atoms with Gasteiger partial charge in [0.05, 0.1) is 12.1 Å². The smallest absolute Gasteiger partial charge is 0.331 e. The van der Waals surface area contributed by atoms with E-state index in [0.29, 0.717) is 17.1 Å². The first kappa shape index (κ1) is 12.6. The number of carbonyl (C=O) groups excluding carboxylic acids is 1. The molecule has 0 saturated heterocycles. The second kappa shape index (κ2) is 4.45. The molecule has 0 atom stereocenters. The Morgan fingerprint density at radius 3 is 2.72 bits per heavy atom. The molecule has 1 N–H and O–H groups in total. The summed E-state index contributed by atoms with van der Waals surface area (Å²) in [5, 5.41) is 6.38. The van der Waals surface area contributed by atoms with E-state index in [4.69, 9.17) is 11.6 Å². The third-order valence-electron chi connectivity index (χ3n) is 2.06. The first-order chi connectivity index (χ1) is 8.38. The predicted octanol–water partition coefficient (Wildman–Crippen LogP) is 2.27. The lowest BCUT2D eigenvalue weighted by atomic mass is 10.2. The van der Waals surface area contributed by atoms with E-state index in [2.05, 4.69) is 15.4 Å². The first-order valence-corrected chi connectivity index (χ1v) is 5.11. The Bertz CT molecular complexity index is 517. The highest BCUT2D eigenvalue weighted by molar-refractivity contribution is 6.29. The van der Waals surface area contributed by atoms with E-state index in [9.17, 15) is 18.0 Å². The Morgan fingerprint density at radius 2 is 2.11 bits per heavy atom. The molecule has 2 heterocycles. The van der Waals surface area contributed by atoms with Crippen molar-refractivity contribution in [3.63, 3.8) is 0 Å². The molecule has 0 aliphatic carbocycles. The number of alkyl halides is 3. The molecule has 0 aromatic carbocycles. The number of nitrogens with one attached hydrogen (secondary N) is 1. The lowest BCUT2D eigenvalue weighted by molar-refractivity contribution is -0.137. The molecule has 1 aliphatic rings. The van der Waals surface area contributed by atoms with Crippen molar-refractivity contribution in [3.8, 4) is 0 Å². The van der Waals surface area contributed by atoms with Gasteiger partial charge < -0.3 is 5.32 Å². The van der Waals surface area contributed by atoms with Crippen molar-refractivity contribution in [1.82, 2.24) is 10.3 Å². The third kappa shape index (κ3) is 2.53. The minimum absolute atomic E-state index is 0.210. The van der Waals surface area contributed by atoms with Crippen LogP contribution in [-0.2, 0) is 6.18 Å². The fourth-order valence-electron chi connectivity index (χ4n) is 1.30. The van der Waals surface area contributed by atoms with Crippen LogP contribution < -0.4 is 10.3 Å². The quantitative estimate of drug-likeness (QED) is 0.801. The normalized spacial score (nSPS) is 15.8. The van der Waals surface area contributed by atoms with E-state index in [1.165, 1.54) is 6.21 Å². The van der Waals surface area contributed by atoms with Gasteiger partial charge in [-0.25, -0.2) is 9.78 Å². The van der Waals surface area contributed by atoms with Crippen molar-refractivity contribution < 1.29 is 18.0 Å². The molecule has 0 saturated carbocycles. The van der Waals surface area contributed by atoms with Crippen LogP contribution in [0.5, 0.6) is 0 Å². The van der Waals surface area contributed by atoms with Crippen molar-refractivity contribution >= 4 is 29.7 Å². The summed E-state index contributed by atoms with van der Waals surface area (Å²) in [6.45, 7) is 0.210. The van der Waals surface area contributed by atoms with Gasteiger partial charge in [-0.15, -0.1) is 0 Å². The van der Waals surface area contributed by atoms with Crippen LogP contribution in [-0.4, -0.2) is 23.8 Å². The van der Waals surface area contributed by atoms with Gasteiger partial charge in [-0.2, -0.15) is 23.3 Å². The standard InChI is InChI=1S/C9H6ClF3N4O/c10-6-3-5(9(11,12)13)4-7(16-6)17-8(18)14-1-2-15-17/h2-4H,1H2,(H,14,18). The molecule has 9 heteroatoms. The van der Waals surface area contributed by atoms with Gasteiger partial charge in [0.25, 0.3) is 0 Å². The average Bonchev–Trinajstić information content (AvgIpc) is 2.27. The number of hydrazone groups is 1. The van der Waals surface area contributed by atoms with Crippen LogP contribution in [0.15, 0.2) is 17.2 Å². The molecule has 0 spiro atoms. The van der Waals surface area contributed by atoms with Gasteiger partial charge >= 0.3 is 12.2 Å². The van der Waals surface area contributed by atoms with Gasteiger partial charge in [0.2, 0.25) is 0 Å². The van der Waals surface area contributed by atoms with Crippen LogP contribution >= 0.6 is 11.6 Å². The number of nitrogens with zero attached hydrogens (tertiary/aromatic N) is 3. The zero-order valence-electron chi connectivity index (χ0n) is 8.70. The lowest BCUT2D eigenvalue weighted by Gasteiger charge is -2.20. The number of halogens is 4. The van der Waals surface area contributed by atoms with E-state index in [1.54, 1.807) is 0 Å². The van der Waals surface area contributed by atoms with E-state index in [1.807, 2.05) is 0 Å². The van der Waals surface area contributed by atoms with Crippen molar-refractivity contribution in [2.75, 3.05) is 11.6 Å². The Labute approximate surface area is 104 Å². The van der Waals surface area contributed by atoms with E-state index < -0.39 is 17.8 Å². The molecule has 1 aromatic heterocycles. The largest absolute Gasteiger partial charge is 0.416 e. The molecule has 2 rings (SSSR count). The highest BCUT2D eigenvalue weighted by atomic mass is 35.5. The van der Waals surface area contributed by atoms with Crippen LogP contribution in [0.3, 0.4) is 0 Å². The lowest BCUT2D eigenvalue weighted by Crippen LogP contribution is -2.42. The molecule has 1 aromatic rings. The molecule has 1 aliphatic heterocycles. The van der Waals surface area contributed by atoms with Gasteiger partial charge in [-0.3, -0.25) is 0 Å². The number of hydrogen-bond acceptors (Lipinski definition) is 3. The SMILES string of the molecule is O=C1NCC=NN1c1cc(C(F)(F)F)cc(Cl)n1. The Balaban J connectivity index is 2.45. The number of aromatic nitrogens is 1. The summed E-state index contributed by atoms with van der Waals surface area (Å²) in [5.74, 6) is -0.289. The first-order valence-electron chi connectivity index (χ1n) is 4.73. The number of pyridine rings is 1. The molecule has 0 unspecified atom stereocenters. The highest BCUT2D eigenvalue weighted by Crippen LogP contribution is 2.32. The van der Waals surface area contributed by atoms with Gasteiger partial charge in [0, 0.05) is 6.21 Å². The molecule has 96 valence electrons. The summed E-state index contributed by atoms with van der Waals surface area (Å²) in [4.78, 5) is 15.0. The maximum atomic E-state index is 12.6. The van der Waals surface area contributed by atoms with Crippen LogP contribution in [0, 0.1) is 0 Å². The zero-order valence-corrected chi connectivity index (χ0v) is 9.46. The molecular weight excluding hydrogens is 273 g/mol.